The van der Waals surface area contributed by atoms with Crippen molar-refractivity contribution in [1.82, 2.24) is 0 Å². The zero-order chi connectivity index (χ0) is 12.4. The molecule has 0 radical (unpaired) electrons. The van der Waals surface area contributed by atoms with Crippen LogP contribution in [0.1, 0.15) is 43.2 Å². The van der Waals surface area contributed by atoms with Gasteiger partial charge in [-0.2, -0.15) is 0 Å². The van der Waals surface area contributed by atoms with E-state index in [9.17, 15) is 4.79 Å². The lowest BCUT2D eigenvalue weighted by molar-refractivity contribution is -0.131. The van der Waals surface area contributed by atoms with E-state index < -0.39 is 0 Å². The molecule has 2 aliphatic rings. The summed E-state index contributed by atoms with van der Waals surface area (Å²) in [6.07, 6.45) is 11.6. The minimum absolute atomic E-state index is 0.140. The molecule has 1 aliphatic heterocycles. The quantitative estimate of drug-likeness (QED) is 0.583. The van der Waals surface area contributed by atoms with Crippen LogP contribution >= 0.6 is 0 Å². The third-order valence-corrected chi connectivity index (χ3v) is 3.86. The van der Waals surface area contributed by atoms with Gasteiger partial charge in [0, 0.05) is 5.56 Å². The Morgan fingerprint density at radius 1 is 1.17 bits per heavy atom. The Balaban J connectivity index is 1.71. The van der Waals surface area contributed by atoms with Crippen LogP contribution in [0.2, 0.25) is 0 Å². The molecule has 2 nitrogen and oxygen atoms in total. The molecule has 2 heteroatoms. The van der Waals surface area contributed by atoms with Crippen LogP contribution in [0, 0.1) is 5.92 Å². The standard InChI is InChI=1S/C16H18O2/c17-16-11-14-9-8-13(10-15(14)18-16)7-6-12-4-2-1-3-5-12/h6-10,12H,1-5,11H2/b7-6+. The van der Waals surface area contributed by atoms with Crippen molar-refractivity contribution in [1.29, 1.82) is 0 Å². The van der Waals surface area contributed by atoms with Gasteiger partial charge in [0.2, 0.25) is 0 Å². The molecule has 0 amide bonds. The van der Waals surface area contributed by atoms with Gasteiger partial charge in [-0.25, -0.2) is 0 Å². The van der Waals surface area contributed by atoms with Crippen molar-refractivity contribution < 1.29 is 9.53 Å². The molecule has 0 atom stereocenters. The lowest BCUT2D eigenvalue weighted by Gasteiger charge is -2.17. The Bertz CT molecular complexity index is 482. The molecule has 1 aromatic carbocycles. The van der Waals surface area contributed by atoms with Gasteiger partial charge in [-0.3, -0.25) is 4.79 Å². The van der Waals surface area contributed by atoms with E-state index in [2.05, 4.69) is 18.2 Å². The minimum Gasteiger partial charge on any atom is -0.426 e. The van der Waals surface area contributed by atoms with Crippen LogP contribution < -0.4 is 4.74 Å². The summed E-state index contributed by atoms with van der Waals surface area (Å²) in [6, 6.07) is 6.04. The number of carbonyl (C=O) groups is 1. The Labute approximate surface area is 108 Å². The molecular formula is C16H18O2. The molecule has 1 heterocycles. The van der Waals surface area contributed by atoms with Crippen LogP contribution in [-0.2, 0) is 11.2 Å². The number of hydrogen-bond acceptors (Lipinski definition) is 2. The van der Waals surface area contributed by atoms with Gasteiger partial charge in [-0.05, 0) is 30.4 Å². The zero-order valence-electron chi connectivity index (χ0n) is 10.5. The molecule has 1 aromatic rings. The van der Waals surface area contributed by atoms with Gasteiger partial charge in [0.1, 0.15) is 5.75 Å². The molecule has 1 fully saturated rings. The summed E-state index contributed by atoms with van der Waals surface area (Å²) in [5.41, 5.74) is 2.14. The van der Waals surface area contributed by atoms with Crippen molar-refractivity contribution in [3.8, 4) is 5.75 Å². The van der Waals surface area contributed by atoms with Gasteiger partial charge >= 0.3 is 5.97 Å². The Morgan fingerprint density at radius 3 is 2.83 bits per heavy atom. The number of rotatable bonds is 2. The fourth-order valence-electron chi connectivity index (χ4n) is 2.80. The first kappa shape index (κ1) is 11.5. The molecule has 1 saturated carbocycles. The Morgan fingerprint density at radius 2 is 2.00 bits per heavy atom. The molecule has 94 valence electrons. The van der Waals surface area contributed by atoms with E-state index in [0.717, 1.165) is 22.8 Å². The van der Waals surface area contributed by atoms with Crippen LogP contribution in [-0.4, -0.2) is 5.97 Å². The summed E-state index contributed by atoms with van der Waals surface area (Å²) < 4.78 is 5.17. The highest BCUT2D eigenvalue weighted by Gasteiger charge is 2.19. The zero-order valence-corrected chi connectivity index (χ0v) is 10.5. The fraction of sp³-hybridized carbons (Fsp3) is 0.438. The molecule has 18 heavy (non-hydrogen) atoms. The van der Waals surface area contributed by atoms with Crippen molar-refractivity contribution in [2.45, 2.75) is 38.5 Å². The highest BCUT2D eigenvalue weighted by Crippen LogP contribution is 2.29. The van der Waals surface area contributed by atoms with Crippen molar-refractivity contribution in [3.05, 3.63) is 35.4 Å². The minimum atomic E-state index is -0.140. The summed E-state index contributed by atoms with van der Waals surface area (Å²) in [4.78, 5) is 11.2. The molecule has 0 unspecified atom stereocenters. The summed E-state index contributed by atoms with van der Waals surface area (Å²) in [6.45, 7) is 0. The maximum atomic E-state index is 11.2. The van der Waals surface area contributed by atoms with Crippen LogP contribution in [0.25, 0.3) is 6.08 Å². The number of allylic oxidation sites excluding steroid dienone is 1. The molecular weight excluding hydrogens is 224 g/mol. The van der Waals surface area contributed by atoms with E-state index in [4.69, 9.17) is 4.74 Å². The third-order valence-electron chi connectivity index (χ3n) is 3.86. The SMILES string of the molecule is O=C1Cc2ccc(/C=C/C3CCCCC3)cc2O1. The van der Waals surface area contributed by atoms with Crippen LogP contribution in [0.5, 0.6) is 5.75 Å². The molecule has 0 spiro atoms. The van der Waals surface area contributed by atoms with Gasteiger partial charge < -0.3 is 4.74 Å². The molecule has 0 aromatic heterocycles. The van der Waals surface area contributed by atoms with E-state index in [-0.39, 0.29) is 5.97 Å². The average molecular weight is 242 g/mol. The molecule has 0 bridgehead atoms. The highest BCUT2D eigenvalue weighted by molar-refractivity contribution is 5.81. The number of fused-ring (bicyclic) bond motifs is 1. The largest absolute Gasteiger partial charge is 0.426 e. The number of benzene rings is 1. The normalized spacial score (nSPS) is 20.1. The lowest BCUT2D eigenvalue weighted by Crippen LogP contribution is -2.02. The van der Waals surface area contributed by atoms with Crippen LogP contribution in [0.3, 0.4) is 0 Å². The number of carbonyl (C=O) groups excluding carboxylic acids is 1. The Kier molecular flexibility index (Phi) is 3.18. The van der Waals surface area contributed by atoms with Crippen molar-refractivity contribution in [3.63, 3.8) is 0 Å². The second-order valence-electron chi connectivity index (χ2n) is 5.28. The second kappa shape index (κ2) is 4.97. The smallest absolute Gasteiger partial charge is 0.315 e. The van der Waals surface area contributed by atoms with Crippen molar-refractivity contribution >= 4 is 12.0 Å². The molecule has 0 saturated heterocycles. The molecule has 1 aliphatic carbocycles. The first-order valence-corrected chi connectivity index (χ1v) is 6.83. The lowest BCUT2D eigenvalue weighted by atomic mass is 9.89. The number of ether oxygens (including phenoxy) is 1. The van der Waals surface area contributed by atoms with Gasteiger partial charge in [-0.15, -0.1) is 0 Å². The van der Waals surface area contributed by atoms with Gasteiger partial charge in [0.25, 0.3) is 0 Å². The maximum Gasteiger partial charge on any atom is 0.315 e. The third kappa shape index (κ3) is 2.47. The topological polar surface area (TPSA) is 26.3 Å². The van der Waals surface area contributed by atoms with E-state index >= 15 is 0 Å². The first-order chi connectivity index (χ1) is 8.81. The second-order valence-corrected chi connectivity index (χ2v) is 5.28. The molecule has 3 rings (SSSR count). The van der Waals surface area contributed by atoms with E-state index in [1.807, 2.05) is 12.1 Å². The first-order valence-electron chi connectivity index (χ1n) is 6.83. The van der Waals surface area contributed by atoms with Crippen LogP contribution in [0.15, 0.2) is 24.3 Å². The van der Waals surface area contributed by atoms with E-state index in [0.29, 0.717) is 6.42 Å². The summed E-state index contributed by atoms with van der Waals surface area (Å²) in [7, 11) is 0. The highest BCUT2D eigenvalue weighted by atomic mass is 16.5. The predicted molar refractivity (Wildman–Crippen MR) is 71.4 cm³/mol. The number of hydrogen-bond donors (Lipinski definition) is 0. The van der Waals surface area contributed by atoms with Crippen LogP contribution in [0.4, 0.5) is 0 Å². The maximum absolute atomic E-state index is 11.2. The van der Waals surface area contributed by atoms with Gasteiger partial charge in [0.15, 0.2) is 0 Å². The summed E-state index contributed by atoms with van der Waals surface area (Å²) in [5, 5.41) is 0. The summed E-state index contributed by atoms with van der Waals surface area (Å²) in [5.74, 6) is 1.33. The fourth-order valence-corrected chi connectivity index (χ4v) is 2.80. The molecule has 0 N–H and O–H groups in total. The van der Waals surface area contributed by atoms with Gasteiger partial charge in [-0.1, -0.05) is 43.5 Å². The predicted octanol–water partition coefficient (Wildman–Crippen LogP) is 3.74. The van der Waals surface area contributed by atoms with Gasteiger partial charge in [0.05, 0.1) is 6.42 Å². The number of esters is 1. The Hall–Kier alpha value is -1.57. The average Bonchev–Trinajstić information content (AvgIpc) is 2.77. The van der Waals surface area contributed by atoms with Crippen molar-refractivity contribution in [2.75, 3.05) is 0 Å². The van der Waals surface area contributed by atoms with E-state index in [1.165, 1.54) is 32.1 Å². The van der Waals surface area contributed by atoms with Crippen molar-refractivity contribution in [2.24, 2.45) is 5.92 Å². The summed E-state index contributed by atoms with van der Waals surface area (Å²) >= 11 is 0. The van der Waals surface area contributed by atoms with E-state index in [1.54, 1.807) is 0 Å². The monoisotopic (exact) mass is 242 g/mol.